The van der Waals surface area contributed by atoms with E-state index in [0.29, 0.717) is 22.9 Å². The molecule has 0 saturated carbocycles. The van der Waals surface area contributed by atoms with Gasteiger partial charge in [-0.3, -0.25) is 4.79 Å². The van der Waals surface area contributed by atoms with Crippen molar-refractivity contribution in [2.45, 2.75) is 0 Å². The van der Waals surface area contributed by atoms with Crippen molar-refractivity contribution in [3.63, 3.8) is 0 Å². The summed E-state index contributed by atoms with van der Waals surface area (Å²) in [5.41, 5.74) is 0.740. The highest BCUT2D eigenvalue weighted by atomic mass is 19.1. The Morgan fingerprint density at radius 1 is 0.963 bits per heavy atom. The van der Waals surface area contributed by atoms with Gasteiger partial charge in [0.25, 0.3) is 5.91 Å². The summed E-state index contributed by atoms with van der Waals surface area (Å²) in [4.78, 5) is 16.3. The van der Waals surface area contributed by atoms with Gasteiger partial charge in [0, 0.05) is 11.8 Å². The molecule has 0 bridgehead atoms. The fourth-order valence-corrected chi connectivity index (χ4v) is 2.53. The predicted molar refractivity (Wildman–Crippen MR) is 94.4 cm³/mol. The van der Waals surface area contributed by atoms with Crippen LogP contribution in [0.2, 0.25) is 0 Å². The first-order chi connectivity index (χ1) is 13.1. The minimum atomic E-state index is -0.723. The van der Waals surface area contributed by atoms with Gasteiger partial charge in [0.1, 0.15) is 23.0 Å². The van der Waals surface area contributed by atoms with E-state index in [2.05, 4.69) is 15.6 Å². The van der Waals surface area contributed by atoms with E-state index < -0.39 is 17.5 Å². The zero-order valence-electron chi connectivity index (χ0n) is 13.8. The van der Waals surface area contributed by atoms with E-state index in [1.807, 2.05) is 0 Å². The molecule has 6 nitrogen and oxygen atoms in total. The monoisotopic (exact) mass is 369 g/mol. The third-order valence-electron chi connectivity index (χ3n) is 3.86. The van der Waals surface area contributed by atoms with Gasteiger partial charge < -0.3 is 20.1 Å². The van der Waals surface area contributed by atoms with Crippen molar-refractivity contribution >= 4 is 23.0 Å². The number of aromatic nitrogens is 1. The number of nitrogens with one attached hydrogen (secondary N) is 2. The Balaban J connectivity index is 1.46. The zero-order valence-corrected chi connectivity index (χ0v) is 13.8. The Bertz CT molecular complexity index is 989. The Labute approximate surface area is 152 Å². The minimum absolute atomic E-state index is 0.144. The third kappa shape index (κ3) is 3.50. The fourth-order valence-electron chi connectivity index (χ4n) is 2.53. The number of carbonyl (C=O) groups is 1. The van der Waals surface area contributed by atoms with Crippen molar-refractivity contribution in [2.75, 3.05) is 17.4 Å². The lowest BCUT2D eigenvalue weighted by molar-refractivity contribution is 0.102. The SMILES string of the molecule is O=C(Nc1ccc2c(c1)OCO2)c1ccc(Nc2c(F)cccc2F)cn1. The number of para-hydroxylation sites is 1. The molecule has 3 aromatic rings. The second-order valence-electron chi connectivity index (χ2n) is 5.68. The van der Waals surface area contributed by atoms with Crippen molar-refractivity contribution < 1.29 is 23.0 Å². The molecule has 4 rings (SSSR count). The highest BCUT2D eigenvalue weighted by molar-refractivity contribution is 6.03. The average Bonchev–Trinajstić information content (AvgIpc) is 3.13. The van der Waals surface area contributed by atoms with Crippen LogP contribution >= 0.6 is 0 Å². The summed E-state index contributed by atoms with van der Waals surface area (Å²) in [6.07, 6.45) is 1.32. The number of benzene rings is 2. The average molecular weight is 369 g/mol. The molecule has 0 aliphatic carbocycles. The molecule has 0 saturated heterocycles. The van der Waals surface area contributed by atoms with Gasteiger partial charge in [-0.1, -0.05) is 6.07 Å². The maximum Gasteiger partial charge on any atom is 0.274 e. The molecule has 8 heteroatoms. The fraction of sp³-hybridized carbons (Fsp3) is 0.0526. The van der Waals surface area contributed by atoms with Gasteiger partial charge >= 0.3 is 0 Å². The van der Waals surface area contributed by atoms with Crippen LogP contribution in [0.3, 0.4) is 0 Å². The van der Waals surface area contributed by atoms with Crippen molar-refractivity contribution in [2.24, 2.45) is 0 Å². The lowest BCUT2D eigenvalue weighted by Gasteiger charge is -2.09. The second-order valence-corrected chi connectivity index (χ2v) is 5.68. The Morgan fingerprint density at radius 2 is 1.70 bits per heavy atom. The van der Waals surface area contributed by atoms with Crippen LogP contribution in [0.4, 0.5) is 25.8 Å². The van der Waals surface area contributed by atoms with Crippen LogP contribution in [0.25, 0.3) is 0 Å². The van der Waals surface area contributed by atoms with E-state index in [1.165, 1.54) is 24.4 Å². The van der Waals surface area contributed by atoms with Crippen molar-refractivity contribution in [3.8, 4) is 11.5 Å². The quantitative estimate of drug-likeness (QED) is 0.725. The van der Waals surface area contributed by atoms with Crippen LogP contribution < -0.4 is 20.1 Å². The molecular weight excluding hydrogens is 356 g/mol. The molecule has 0 spiro atoms. The van der Waals surface area contributed by atoms with E-state index in [-0.39, 0.29) is 18.2 Å². The summed E-state index contributed by atoms with van der Waals surface area (Å²) in [5.74, 6) is -0.717. The number of nitrogens with zero attached hydrogens (tertiary/aromatic N) is 1. The van der Waals surface area contributed by atoms with Gasteiger partial charge in [0.2, 0.25) is 6.79 Å². The van der Waals surface area contributed by atoms with Gasteiger partial charge in [-0.15, -0.1) is 0 Å². The van der Waals surface area contributed by atoms with Gasteiger partial charge in [0.15, 0.2) is 11.5 Å². The smallest absolute Gasteiger partial charge is 0.274 e. The molecule has 0 fully saturated rings. The van der Waals surface area contributed by atoms with Crippen LogP contribution in [0.15, 0.2) is 54.7 Å². The molecule has 136 valence electrons. The number of hydrogen-bond acceptors (Lipinski definition) is 5. The molecule has 2 aromatic carbocycles. The molecule has 0 atom stereocenters. The lowest BCUT2D eigenvalue weighted by atomic mass is 10.2. The van der Waals surface area contributed by atoms with E-state index in [9.17, 15) is 13.6 Å². The largest absolute Gasteiger partial charge is 0.454 e. The first-order valence-electron chi connectivity index (χ1n) is 7.98. The standard InChI is InChI=1S/C19H13F2N3O3/c20-13-2-1-3-14(21)18(13)23-12-4-6-15(22-9-12)19(25)24-11-5-7-16-17(8-11)27-10-26-16/h1-9,23H,10H2,(H,24,25). The van der Waals surface area contributed by atoms with Crippen LogP contribution in [-0.2, 0) is 0 Å². The Kier molecular flexibility index (Phi) is 4.29. The molecule has 1 aromatic heterocycles. The normalized spacial score (nSPS) is 11.9. The maximum absolute atomic E-state index is 13.7. The number of carbonyl (C=O) groups excluding carboxylic acids is 1. The maximum atomic E-state index is 13.7. The summed E-state index contributed by atoms with van der Waals surface area (Å²) >= 11 is 0. The highest BCUT2D eigenvalue weighted by Gasteiger charge is 2.15. The van der Waals surface area contributed by atoms with Gasteiger partial charge in [-0.25, -0.2) is 13.8 Å². The van der Waals surface area contributed by atoms with Gasteiger partial charge in [-0.2, -0.15) is 0 Å². The molecule has 1 aliphatic heterocycles. The number of fused-ring (bicyclic) bond motifs is 1. The Morgan fingerprint density at radius 3 is 2.44 bits per heavy atom. The number of halogens is 2. The van der Waals surface area contributed by atoms with Gasteiger partial charge in [0.05, 0.1) is 11.9 Å². The van der Waals surface area contributed by atoms with Crippen LogP contribution in [-0.4, -0.2) is 17.7 Å². The van der Waals surface area contributed by atoms with Crippen molar-refractivity contribution in [1.29, 1.82) is 0 Å². The number of rotatable bonds is 4. The number of amides is 1. The van der Waals surface area contributed by atoms with Crippen LogP contribution in [0, 0.1) is 11.6 Å². The molecule has 2 N–H and O–H groups in total. The van der Waals surface area contributed by atoms with E-state index in [0.717, 1.165) is 12.1 Å². The summed E-state index contributed by atoms with van der Waals surface area (Å²) in [6, 6.07) is 11.5. The minimum Gasteiger partial charge on any atom is -0.454 e. The zero-order chi connectivity index (χ0) is 18.8. The first kappa shape index (κ1) is 16.8. The molecule has 0 radical (unpaired) electrons. The Hall–Kier alpha value is -3.68. The number of pyridine rings is 1. The van der Waals surface area contributed by atoms with Crippen LogP contribution in [0.5, 0.6) is 11.5 Å². The van der Waals surface area contributed by atoms with E-state index >= 15 is 0 Å². The third-order valence-corrected chi connectivity index (χ3v) is 3.86. The number of hydrogen-bond donors (Lipinski definition) is 2. The lowest BCUT2D eigenvalue weighted by Crippen LogP contribution is -2.13. The van der Waals surface area contributed by atoms with E-state index in [1.54, 1.807) is 18.2 Å². The number of ether oxygens (including phenoxy) is 2. The van der Waals surface area contributed by atoms with Crippen LogP contribution in [0.1, 0.15) is 10.5 Å². The predicted octanol–water partition coefficient (Wildman–Crippen LogP) is 4.08. The topological polar surface area (TPSA) is 72.5 Å². The summed E-state index contributed by atoms with van der Waals surface area (Å²) in [6.45, 7) is 0.144. The molecule has 27 heavy (non-hydrogen) atoms. The first-order valence-corrected chi connectivity index (χ1v) is 7.98. The number of anilines is 3. The van der Waals surface area contributed by atoms with Crippen molar-refractivity contribution in [3.05, 3.63) is 72.1 Å². The van der Waals surface area contributed by atoms with E-state index in [4.69, 9.17) is 9.47 Å². The second kappa shape index (κ2) is 6.91. The van der Waals surface area contributed by atoms with Crippen molar-refractivity contribution in [1.82, 2.24) is 4.98 Å². The summed E-state index contributed by atoms with van der Waals surface area (Å²) < 4.78 is 37.8. The summed E-state index contributed by atoms with van der Waals surface area (Å²) in [5, 5.41) is 5.31. The molecule has 0 unspecified atom stereocenters. The summed E-state index contributed by atoms with van der Waals surface area (Å²) in [7, 11) is 0. The molecular formula is C19H13F2N3O3. The molecule has 1 aliphatic rings. The highest BCUT2D eigenvalue weighted by Crippen LogP contribution is 2.34. The molecule has 1 amide bonds. The van der Waals surface area contributed by atoms with Gasteiger partial charge in [-0.05, 0) is 36.4 Å². The molecule has 2 heterocycles.